The summed E-state index contributed by atoms with van der Waals surface area (Å²) in [6.07, 6.45) is 5.29. The quantitative estimate of drug-likeness (QED) is 0.747. The van der Waals surface area contributed by atoms with E-state index in [0.717, 1.165) is 45.5 Å². The van der Waals surface area contributed by atoms with Gasteiger partial charge in [0.2, 0.25) is 5.91 Å². The zero-order valence-corrected chi connectivity index (χ0v) is 13.9. The van der Waals surface area contributed by atoms with Crippen molar-refractivity contribution in [2.45, 2.75) is 32.1 Å². The highest BCUT2D eigenvalue weighted by Gasteiger charge is 2.24. The van der Waals surface area contributed by atoms with E-state index in [0.29, 0.717) is 5.69 Å². The first-order valence-corrected chi connectivity index (χ1v) is 8.47. The van der Waals surface area contributed by atoms with Gasteiger partial charge in [-0.2, -0.15) is 0 Å². The van der Waals surface area contributed by atoms with Gasteiger partial charge in [0.05, 0.1) is 0 Å². The summed E-state index contributed by atoms with van der Waals surface area (Å²) >= 11 is 0. The molecule has 128 valence electrons. The molecule has 1 amide bonds. The van der Waals surface area contributed by atoms with Gasteiger partial charge in [-0.25, -0.2) is 4.39 Å². The zero-order valence-electron chi connectivity index (χ0n) is 13.9. The zero-order chi connectivity index (χ0) is 16.5. The highest BCUT2D eigenvalue weighted by Crippen LogP contribution is 2.20. The van der Waals surface area contributed by atoms with E-state index in [2.05, 4.69) is 10.2 Å². The van der Waals surface area contributed by atoms with Gasteiger partial charge in [0, 0.05) is 25.3 Å². The van der Waals surface area contributed by atoms with Gasteiger partial charge in [0.25, 0.3) is 0 Å². The molecular formula is C18H27FN2O2. The average molecular weight is 322 g/mol. The van der Waals surface area contributed by atoms with Crippen LogP contribution in [0.15, 0.2) is 24.3 Å². The summed E-state index contributed by atoms with van der Waals surface area (Å²) in [7, 11) is 1.74. The topological polar surface area (TPSA) is 41.6 Å². The number of nitrogens with one attached hydrogen (secondary N) is 1. The smallest absolute Gasteiger partial charge is 0.227 e. The lowest BCUT2D eigenvalue weighted by Gasteiger charge is -2.31. The summed E-state index contributed by atoms with van der Waals surface area (Å²) in [6.45, 7) is 3.90. The molecule has 0 aliphatic carbocycles. The summed E-state index contributed by atoms with van der Waals surface area (Å²) in [4.78, 5) is 14.7. The third-order valence-corrected chi connectivity index (χ3v) is 4.39. The van der Waals surface area contributed by atoms with Crippen LogP contribution in [0.4, 0.5) is 10.1 Å². The standard InChI is InChI=1S/C18H27FN2O2/c1-23-14-4-2-3-11-21-12-9-15(10-13-21)18(22)20-17-7-5-16(19)6-8-17/h5-8,15H,2-4,9-14H2,1H3,(H,20,22). The Balaban J connectivity index is 1.65. The van der Waals surface area contributed by atoms with Crippen molar-refractivity contribution in [2.24, 2.45) is 5.92 Å². The Bertz CT molecular complexity index is 470. The number of unbranched alkanes of at least 4 members (excludes halogenated alkanes) is 2. The number of carbonyl (C=O) groups excluding carboxylic acids is 1. The molecule has 1 aliphatic heterocycles. The van der Waals surface area contributed by atoms with Gasteiger partial charge in [0.1, 0.15) is 5.82 Å². The Labute approximate surface area is 138 Å². The minimum absolute atomic E-state index is 0.0522. The Hall–Kier alpha value is -1.46. The molecule has 1 aliphatic rings. The summed E-state index contributed by atoms with van der Waals surface area (Å²) in [6, 6.07) is 5.92. The lowest BCUT2D eigenvalue weighted by atomic mass is 9.95. The lowest BCUT2D eigenvalue weighted by Crippen LogP contribution is -2.38. The number of halogens is 1. The highest BCUT2D eigenvalue weighted by molar-refractivity contribution is 5.92. The summed E-state index contributed by atoms with van der Waals surface area (Å²) in [5.74, 6) is -0.178. The van der Waals surface area contributed by atoms with Crippen LogP contribution < -0.4 is 5.32 Å². The van der Waals surface area contributed by atoms with Crippen molar-refractivity contribution in [3.05, 3.63) is 30.1 Å². The minimum atomic E-state index is -0.290. The number of likely N-dealkylation sites (tertiary alicyclic amines) is 1. The highest BCUT2D eigenvalue weighted by atomic mass is 19.1. The second kappa shape index (κ2) is 9.63. The number of piperidine rings is 1. The molecule has 1 fully saturated rings. The molecule has 0 aromatic heterocycles. The van der Waals surface area contributed by atoms with Crippen LogP contribution >= 0.6 is 0 Å². The molecule has 4 nitrogen and oxygen atoms in total. The number of hydrogen-bond acceptors (Lipinski definition) is 3. The Morgan fingerprint density at radius 3 is 2.57 bits per heavy atom. The van der Waals surface area contributed by atoms with Crippen LogP contribution in [0.5, 0.6) is 0 Å². The fourth-order valence-corrected chi connectivity index (χ4v) is 2.95. The number of hydrogen-bond donors (Lipinski definition) is 1. The molecule has 1 aromatic carbocycles. The molecule has 1 N–H and O–H groups in total. The van der Waals surface area contributed by atoms with Crippen LogP contribution in [-0.4, -0.2) is 44.2 Å². The molecule has 23 heavy (non-hydrogen) atoms. The van der Waals surface area contributed by atoms with E-state index in [4.69, 9.17) is 4.74 Å². The van der Waals surface area contributed by atoms with Gasteiger partial charge in [-0.05, 0) is 76.0 Å². The number of anilines is 1. The summed E-state index contributed by atoms with van der Waals surface area (Å²) in [5, 5.41) is 2.88. The van der Waals surface area contributed by atoms with Crippen molar-refractivity contribution in [3.63, 3.8) is 0 Å². The first kappa shape index (κ1) is 17.9. The number of methoxy groups -OCH3 is 1. The SMILES string of the molecule is COCCCCCN1CCC(C(=O)Nc2ccc(F)cc2)CC1. The predicted molar refractivity (Wildman–Crippen MR) is 89.9 cm³/mol. The van der Waals surface area contributed by atoms with E-state index >= 15 is 0 Å². The van der Waals surface area contributed by atoms with Crippen LogP contribution in [0.1, 0.15) is 32.1 Å². The molecule has 1 saturated heterocycles. The third-order valence-electron chi connectivity index (χ3n) is 4.39. The molecule has 0 bridgehead atoms. The molecule has 0 saturated carbocycles. The van der Waals surface area contributed by atoms with Gasteiger partial charge < -0.3 is 15.0 Å². The van der Waals surface area contributed by atoms with E-state index in [9.17, 15) is 9.18 Å². The average Bonchev–Trinajstić information content (AvgIpc) is 2.57. The van der Waals surface area contributed by atoms with E-state index < -0.39 is 0 Å². The molecule has 5 heteroatoms. The maximum Gasteiger partial charge on any atom is 0.227 e. The summed E-state index contributed by atoms with van der Waals surface area (Å²) < 4.78 is 17.9. The van der Waals surface area contributed by atoms with Crippen molar-refractivity contribution in [3.8, 4) is 0 Å². The maximum absolute atomic E-state index is 12.9. The van der Waals surface area contributed by atoms with Gasteiger partial charge >= 0.3 is 0 Å². The molecule has 0 spiro atoms. The number of benzene rings is 1. The van der Waals surface area contributed by atoms with Gasteiger partial charge in [-0.15, -0.1) is 0 Å². The fourth-order valence-electron chi connectivity index (χ4n) is 2.95. The van der Waals surface area contributed by atoms with E-state index in [1.807, 2.05) is 0 Å². The molecule has 1 aromatic rings. The normalized spacial score (nSPS) is 16.4. The van der Waals surface area contributed by atoms with Crippen molar-refractivity contribution in [1.82, 2.24) is 4.90 Å². The Morgan fingerprint density at radius 1 is 1.22 bits per heavy atom. The second-order valence-corrected chi connectivity index (χ2v) is 6.17. The maximum atomic E-state index is 12.9. The Morgan fingerprint density at radius 2 is 1.91 bits per heavy atom. The van der Waals surface area contributed by atoms with Crippen molar-refractivity contribution in [2.75, 3.05) is 38.7 Å². The van der Waals surface area contributed by atoms with Crippen LogP contribution in [0.3, 0.4) is 0 Å². The predicted octanol–water partition coefficient (Wildman–Crippen LogP) is 3.29. The van der Waals surface area contributed by atoms with Crippen LogP contribution in [0.2, 0.25) is 0 Å². The molecule has 0 unspecified atom stereocenters. The van der Waals surface area contributed by atoms with E-state index in [1.165, 1.54) is 25.0 Å². The number of rotatable bonds is 8. The van der Waals surface area contributed by atoms with Gasteiger partial charge in [-0.3, -0.25) is 4.79 Å². The number of carbonyl (C=O) groups is 1. The first-order valence-electron chi connectivity index (χ1n) is 8.47. The van der Waals surface area contributed by atoms with Crippen molar-refractivity contribution in [1.29, 1.82) is 0 Å². The molecule has 0 radical (unpaired) electrons. The van der Waals surface area contributed by atoms with Crippen LogP contribution in [-0.2, 0) is 9.53 Å². The number of nitrogens with zero attached hydrogens (tertiary/aromatic N) is 1. The number of ether oxygens (including phenoxy) is 1. The second-order valence-electron chi connectivity index (χ2n) is 6.17. The van der Waals surface area contributed by atoms with Gasteiger partial charge in [-0.1, -0.05) is 0 Å². The Kier molecular flexibility index (Phi) is 7.49. The monoisotopic (exact) mass is 322 g/mol. The third kappa shape index (κ3) is 6.28. The minimum Gasteiger partial charge on any atom is -0.385 e. The fraction of sp³-hybridized carbons (Fsp3) is 0.611. The van der Waals surface area contributed by atoms with Crippen molar-refractivity contribution < 1.29 is 13.9 Å². The molecule has 0 atom stereocenters. The summed E-state index contributed by atoms with van der Waals surface area (Å²) in [5.41, 5.74) is 0.664. The van der Waals surface area contributed by atoms with Crippen molar-refractivity contribution >= 4 is 11.6 Å². The first-order chi connectivity index (χ1) is 11.2. The van der Waals surface area contributed by atoms with E-state index in [-0.39, 0.29) is 17.6 Å². The molecule has 1 heterocycles. The van der Waals surface area contributed by atoms with E-state index in [1.54, 1.807) is 19.2 Å². The van der Waals surface area contributed by atoms with Crippen LogP contribution in [0.25, 0.3) is 0 Å². The lowest BCUT2D eigenvalue weighted by molar-refractivity contribution is -0.121. The number of amides is 1. The molecular weight excluding hydrogens is 295 g/mol. The van der Waals surface area contributed by atoms with Crippen LogP contribution in [0, 0.1) is 11.7 Å². The van der Waals surface area contributed by atoms with Gasteiger partial charge in [0.15, 0.2) is 0 Å². The molecule has 2 rings (SSSR count). The largest absolute Gasteiger partial charge is 0.385 e.